The van der Waals surface area contributed by atoms with Crippen molar-refractivity contribution < 1.29 is 14.7 Å². The molecule has 1 spiro atoms. The van der Waals surface area contributed by atoms with Crippen LogP contribution in [0.15, 0.2) is 24.3 Å². The van der Waals surface area contributed by atoms with Crippen molar-refractivity contribution in [1.82, 2.24) is 5.32 Å². The maximum Gasteiger partial charge on any atom is 0.335 e. The minimum Gasteiger partial charge on any atom is -0.478 e. The highest BCUT2D eigenvalue weighted by Crippen LogP contribution is 2.84. The van der Waals surface area contributed by atoms with Gasteiger partial charge in [-0.05, 0) is 93.2 Å². The molecule has 4 nitrogen and oxygen atoms in total. The number of allylic oxidation sites excluding steroid dienone is 1. The number of carbonyl (C=O) groups is 2. The van der Waals surface area contributed by atoms with E-state index >= 15 is 0 Å². The van der Waals surface area contributed by atoms with Crippen LogP contribution in [-0.2, 0) is 11.2 Å². The summed E-state index contributed by atoms with van der Waals surface area (Å²) in [7, 11) is 0. The fourth-order valence-electron chi connectivity index (χ4n) is 7.85. The zero-order valence-electron chi connectivity index (χ0n) is 16.5. The van der Waals surface area contributed by atoms with Crippen LogP contribution in [0, 0.1) is 28.6 Å². The average molecular weight is 377 g/mol. The smallest absolute Gasteiger partial charge is 0.335 e. The highest BCUT2D eigenvalue weighted by atomic mass is 16.4. The summed E-state index contributed by atoms with van der Waals surface area (Å²) in [5.41, 5.74) is 3.38. The van der Waals surface area contributed by atoms with Crippen LogP contribution in [0.1, 0.15) is 67.4 Å². The third kappa shape index (κ3) is 1.92. The number of carboxylic acid groups (broad SMARTS) is 1. The Kier molecular flexibility index (Phi) is 2.94. The van der Waals surface area contributed by atoms with E-state index in [1.165, 1.54) is 12.8 Å². The molecule has 0 amide bonds. The number of rotatable bonds is 3. The Morgan fingerprint density at radius 3 is 2.46 bits per heavy atom. The maximum absolute atomic E-state index is 13.6. The summed E-state index contributed by atoms with van der Waals surface area (Å²) >= 11 is 0. The first-order valence-electron chi connectivity index (χ1n) is 10.6. The van der Waals surface area contributed by atoms with Crippen LogP contribution in [-0.4, -0.2) is 22.4 Å². The SMILES string of the molecule is CC1(C)Cc2cc(C(=O)O)ccc2/C(=C/C(=O)C23CC4CC5CC(C2)C54C3)N1. The van der Waals surface area contributed by atoms with E-state index in [1.807, 2.05) is 12.1 Å². The van der Waals surface area contributed by atoms with E-state index in [0.29, 0.717) is 16.8 Å². The van der Waals surface area contributed by atoms with Crippen LogP contribution in [0.4, 0.5) is 0 Å². The summed E-state index contributed by atoms with van der Waals surface area (Å²) in [6.45, 7) is 4.21. The Hall–Kier alpha value is -2.10. The molecule has 4 fully saturated rings. The summed E-state index contributed by atoms with van der Waals surface area (Å²) in [4.78, 5) is 24.9. The fourth-order valence-corrected chi connectivity index (χ4v) is 7.85. The van der Waals surface area contributed by atoms with E-state index in [0.717, 1.165) is 60.3 Å². The lowest BCUT2D eigenvalue weighted by Crippen LogP contribution is -2.59. The third-order valence-corrected chi connectivity index (χ3v) is 8.88. The van der Waals surface area contributed by atoms with Gasteiger partial charge in [0.2, 0.25) is 0 Å². The van der Waals surface area contributed by atoms with Crippen molar-refractivity contribution in [2.24, 2.45) is 28.6 Å². The lowest BCUT2D eigenvalue weighted by molar-refractivity contribution is -0.177. The molecular formula is C24H27NO3. The van der Waals surface area contributed by atoms with Crippen molar-refractivity contribution in [2.45, 2.75) is 57.9 Å². The average Bonchev–Trinajstić information content (AvgIpc) is 3.08. The summed E-state index contributed by atoms with van der Waals surface area (Å²) < 4.78 is 0. The van der Waals surface area contributed by atoms with E-state index in [4.69, 9.17) is 0 Å². The predicted molar refractivity (Wildman–Crippen MR) is 106 cm³/mol. The summed E-state index contributed by atoms with van der Waals surface area (Å²) in [6, 6.07) is 5.28. The Bertz CT molecular complexity index is 956. The lowest BCUT2D eigenvalue weighted by Gasteiger charge is -2.66. The second-order valence-corrected chi connectivity index (χ2v) is 10.8. The van der Waals surface area contributed by atoms with E-state index < -0.39 is 5.97 Å². The number of carboxylic acids is 1. The molecule has 1 aromatic carbocycles. The molecule has 4 heteroatoms. The largest absolute Gasteiger partial charge is 0.478 e. The predicted octanol–water partition coefficient (Wildman–Crippen LogP) is 4.05. The van der Waals surface area contributed by atoms with Crippen LogP contribution < -0.4 is 5.32 Å². The zero-order chi connectivity index (χ0) is 19.5. The van der Waals surface area contributed by atoms with E-state index in [1.54, 1.807) is 12.1 Å². The molecule has 2 N–H and O–H groups in total. The van der Waals surface area contributed by atoms with Crippen molar-refractivity contribution in [3.8, 4) is 0 Å². The van der Waals surface area contributed by atoms with Gasteiger partial charge in [0.15, 0.2) is 5.78 Å². The minimum atomic E-state index is -0.906. The molecule has 0 aromatic heterocycles. The first-order valence-corrected chi connectivity index (χ1v) is 10.6. The maximum atomic E-state index is 13.6. The number of hydrogen-bond acceptors (Lipinski definition) is 3. The lowest BCUT2D eigenvalue weighted by atomic mass is 9.38. The molecule has 146 valence electrons. The number of carbonyl (C=O) groups excluding carboxylic acids is 1. The van der Waals surface area contributed by atoms with Gasteiger partial charge in [-0.2, -0.15) is 0 Å². The van der Waals surface area contributed by atoms with Gasteiger partial charge in [0.25, 0.3) is 0 Å². The molecule has 4 saturated carbocycles. The third-order valence-electron chi connectivity index (χ3n) is 8.88. The molecule has 1 aliphatic heterocycles. The van der Waals surface area contributed by atoms with Gasteiger partial charge in [-0.1, -0.05) is 6.07 Å². The Balaban J connectivity index is 1.37. The number of aromatic carboxylic acids is 1. The van der Waals surface area contributed by atoms with Crippen LogP contribution in [0.5, 0.6) is 0 Å². The van der Waals surface area contributed by atoms with Gasteiger partial charge in [0, 0.05) is 28.3 Å². The van der Waals surface area contributed by atoms with Gasteiger partial charge in [0.05, 0.1) is 5.56 Å². The second kappa shape index (κ2) is 4.90. The second-order valence-electron chi connectivity index (χ2n) is 10.8. The highest BCUT2D eigenvalue weighted by Gasteiger charge is 2.78. The Morgan fingerprint density at radius 1 is 1.14 bits per heavy atom. The molecule has 2 bridgehead atoms. The first-order chi connectivity index (χ1) is 13.2. The number of nitrogens with one attached hydrogen (secondary N) is 1. The summed E-state index contributed by atoms with van der Waals surface area (Å²) in [5.74, 6) is 1.91. The van der Waals surface area contributed by atoms with Crippen LogP contribution in [0.3, 0.4) is 0 Å². The molecule has 28 heavy (non-hydrogen) atoms. The van der Waals surface area contributed by atoms with Crippen molar-refractivity contribution in [1.29, 1.82) is 0 Å². The fraction of sp³-hybridized carbons (Fsp3) is 0.583. The molecule has 0 saturated heterocycles. The van der Waals surface area contributed by atoms with E-state index in [9.17, 15) is 14.7 Å². The normalized spacial score (nSPS) is 42.1. The van der Waals surface area contributed by atoms with Gasteiger partial charge >= 0.3 is 5.97 Å². The van der Waals surface area contributed by atoms with Gasteiger partial charge in [-0.3, -0.25) is 4.79 Å². The van der Waals surface area contributed by atoms with Crippen LogP contribution >= 0.6 is 0 Å². The zero-order valence-corrected chi connectivity index (χ0v) is 16.5. The monoisotopic (exact) mass is 377 g/mol. The van der Waals surface area contributed by atoms with E-state index in [-0.39, 0.29) is 11.0 Å². The molecule has 2 unspecified atom stereocenters. The molecule has 1 heterocycles. The topological polar surface area (TPSA) is 66.4 Å². The van der Waals surface area contributed by atoms with Crippen LogP contribution in [0.2, 0.25) is 0 Å². The van der Waals surface area contributed by atoms with Gasteiger partial charge < -0.3 is 10.4 Å². The van der Waals surface area contributed by atoms with Gasteiger partial charge in [-0.15, -0.1) is 0 Å². The van der Waals surface area contributed by atoms with Gasteiger partial charge in [-0.25, -0.2) is 4.79 Å². The van der Waals surface area contributed by atoms with E-state index in [2.05, 4.69) is 19.2 Å². The number of benzene rings is 1. The number of fused-ring (bicyclic) bond motifs is 2. The molecule has 6 rings (SSSR count). The molecule has 4 aliphatic carbocycles. The summed E-state index contributed by atoms with van der Waals surface area (Å²) in [6.07, 6.45) is 8.63. The Morgan fingerprint density at radius 2 is 1.86 bits per heavy atom. The molecule has 2 atom stereocenters. The quantitative estimate of drug-likeness (QED) is 0.780. The molecule has 5 aliphatic rings. The molecular weight excluding hydrogens is 350 g/mol. The first kappa shape index (κ1) is 16.8. The molecule has 0 radical (unpaired) electrons. The minimum absolute atomic E-state index is 0.127. The Labute approximate surface area is 165 Å². The van der Waals surface area contributed by atoms with Gasteiger partial charge in [0.1, 0.15) is 0 Å². The van der Waals surface area contributed by atoms with Crippen molar-refractivity contribution in [2.75, 3.05) is 0 Å². The number of hydrogen-bond donors (Lipinski definition) is 2. The number of ketones is 1. The standard InChI is InChI=1S/C24H27NO3/c1-22(2)9-14-5-13(21(27)28)3-4-18(14)19(25-22)8-20(26)23-10-16-6-15-7-17(11-23)24(15,16)12-23/h3-5,8,15-17,25H,6-7,9-12H2,1-2H3,(H,27,28)/b19-8-. The van der Waals surface area contributed by atoms with Crippen molar-refractivity contribution in [3.05, 3.63) is 41.0 Å². The van der Waals surface area contributed by atoms with Crippen molar-refractivity contribution >= 4 is 17.4 Å². The summed E-state index contributed by atoms with van der Waals surface area (Å²) in [5, 5.41) is 12.9. The molecule has 1 aromatic rings. The van der Waals surface area contributed by atoms with Crippen LogP contribution in [0.25, 0.3) is 5.70 Å². The van der Waals surface area contributed by atoms with Crippen molar-refractivity contribution in [3.63, 3.8) is 0 Å². The highest BCUT2D eigenvalue weighted by molar-refractivity contribution is 6.02.